The number of hydrogen-bond donors (Lipinski definition) is 2. The molecule has 0 bridgehead atoms. The number of rotatable bonds is 6. The first-order chi connectivity index (χ1) is 14.9. The Bertz CT molecular complexity index is 971. The van der Waals surface area contributed by atoms with E-state index in [1.807, 2.05) is 7.05 Å². The Balaban J connectivity index is 1.74. The van der Waals surface area contributed by atoms with Crippen LogP contribution in [-0.4, -0.2) is 49.9 Å². The Kier molecular flexibility index (Phi) is 7.65. The molecule has 2 aromatic rings. The van der Waals surface area contributed by atoms with E-state index in [-0.39, 0.29) is 23.9 Å². The summed E-state index contributed by atoms with van der Waals surface area (Å²) in [4.78, 5) is 39.4. The lowest BCUT2D eigenvalue weighted by atomic mass is 9.96. The molecule has 31 heavy (non-hydrogen) atoms. The van der Waals surface area contributed by atoms with Gasteiger partial charge in [-0.05, 0) is 68.9 Å². The predicted molar refractivity (Wildman–Crippen MR) is 119 cm³/mol. The molecule has 1 aliphatic heterocycles. The van der Waals surface area contributed by atoms with Crippen molar-refractivity contribution in [2.75, 3.05) is 32.6 Å². The van der Waals surface area contributed by atoms with Crippen LogP contribution in [0.15, 0.2) is 42.5 Å². The van der Waals surface area contributed by atoms with Gasteiger partial charge in [-0.1, -0.05) is 23.7 Å². The molecule has 1 fully saturated rings. The highest BCUT2D eigenvalue weighted by molar-refractivity contribution is 6.34. The molecule has 0 spiro atoms. The lowest BCUT2D eigenvalue weighted by molar-refractivity contribution is -0.126. The Morgan fingerprint density at radius 2 is 1.84 bits per heavy atom. The second kappa shape index (κ2) is 10.4. The van der Waals surface area contributed by atoms with E-state index in [9.17, 15) is 14.4 Å². The van der Waals surface area contributed by atoms with Crippen LogP contribution in [-0.2, 0) is 16.1 Å². The van der Waals surface area contributed by atoms with Crippen molar-refractivity contribution in [2.45, 2.75) is 19.4 Å². The molecule has 0 aliphatic carbocycles. The van der Waals surface area contributed by atoms with Gasteiger partial charge in [-0.25, -0.2) is 4.79 Å². The summed E-state index contributed by atoms with van der Waals surface area (Å²) in [5.41, 5.74) is 1.70. The van der Waals surface area contributed by atoms with Crippen LogP contribution in [0.5, 0.6) is 0 Å². The highest BCUT2D eigenvalue weighted by Crippen LogP contribution is 2.21. The van der Waals surface area contributed by atoms with E-state index in [0.29, 0.717) is 21.8 Å². The largest absolute Gasteiger partial charge is 0.465 e. The van der Waals surface area contributed by atoms with Crippen molar-refractivity contribution in [2.24, 2.45) is 5.92 Å². The predicted octanol–water partition coefficient (Wildman–Crippen LogP) is 3.34. The number of hydrogen-bond acceptors (Lipinski definition) is 5. The zero-order chi connectivity index (χ0) is 22.4. The Morgan fingerprint density at radius 3 is 2.52 bits per heavy atom. The molecule has 0 atom stereocenters. The molecule has 164 valence electrons. The van der Waals surface area contributed by atoms with Crippen LogP contribution in [0.2, 0.25) is 5.02 Å². The van der Waals surface area contributed by atoms with E-state index in [2.05, 4.69) is 15.5 Å². The van der Waals surface area contributed by atoms with Crippen LogP contribution in [0.3, 0.4) is 0 Å². The summed E-state index contributed by atoms with van der Waals surface area (Å²) in [6, 6.07) is 11.6. The number of esters is 1. The fourth-order valence-electron chi connectivity index (χ4n) is 3.55. The fourth-order valence-corrected chi connectivity index (χ4v) is 3.77. The maximum Gasteiger partial charge on any atom is 0.337 e. The van der Waals surface area contributed by atoms with Crippen molar-refractivity contribution in [1.29, 1.82) is 0 Å². The molecule has 0 aromatic heterocycles. The maximum atomic E-state index is 12.6. The normalized spacial score (nSPS) is 14.7. The molecule has 2 amide bonds. The average molecular weight is 444 g/mol. The number of amides is 2. The summed E-state index contributed by atoms with van der Waals surface area (Å²) in [6.07, 6.45) is 1.65. The molecule has 1 aliphatic rings. The van der Waals surface area contributed by atoms with Crippen molar-refractivity contribution in [3.05, 3.63) is 64.2 Å². The van der Waals surface area contributed by atoms with Gasteiger partial charge in [0.1, 0.15) is 0 Å². The first-order valence-electron chi connectivity index (χ1n) is 10.1. The van der Waals surface area contributed by atoms with E-state index >= 15 is 0 Å². The highest BCUT2D eigenvalue weighted by atomic mass is 35.5. The number of carbonyl (C=O) groups is 3. The number of anilines is 1. The third kappa shape index (κ3) is 6.06. The van der Waals surface area contributed by atoms with Gasteiger partial charge in [0.25, 0.3) is 5.91 Å². The first kappa shape index (κ1) is 22.8. The molecule has 1 saturated heterocycles. The van der Waals surface area contributed by atoms with Crippen LogP contribution in [0.1, 0.15) is 39.1 Å². The lowest BCUT2D eigenvalue weighted by Gasteiger charge is -2.28. The lowest BCUT2D eigenvalue weighted by Crippen LogP contribution is -2.38. The Labute approximate surface area is 186 Å². The van der Waals surface area contributed by atoms with E-state index in [4.69, 9.17) is 16.3 Å². The number of carbonyl (C=O) groups excluding carboxylic acids is 3. The second-order valence-electron chi connectivity index (χ2n) is 7.64. The van der Waals surface area contributed by atoms with Crippen molar-refractivity contribution >= 4 is 35.1 Å². The number of benzene rings is 2. The Hall–Kier alpha value is -2.90. The van der Waals surface area contributed by atoms with Gasteiger partial charge in [-0.15, -0.1) is 0 Å². The molecule has 2 aromatic carbocycles. The molecule has 3 rings (SSSR count). The van der Waals surface area contributed by atoms with Crippen LogP contribution in [0, 0.1) is 5.92 Å². The van der Waals surface area contributed by atoms with Gasteiger partial charge < -0.3 is 20.3 Å². The van der Waals surface area contributed by atoms with Crippen LogP contribution >= 0.6 is 11.6 Å². The summed E-state index contributed by atoms with van der Waals surface area (Å²) < 4.78 is 4.82. The summed E-state index contributed by atoms with van der Waals surface area (Å²) in [7, 11) is 3.34. The summed E-state index contributed by atoms with van der Waals surface area (Å²) in [5.74, 6) is -0.941. The standard InChI is InChI=1S/C23H26ClN3O4/c1-27-9-7-16(8-10-27)21(28)25-14-15-11-17(23(30)31-2)13-18(12-15)26-22(29)19-5-3-4-6-20(19)24/h3-6,11-13,16H,7-10,14H2,1-2H3,(H,25,28)(H,26,29). The molecule has 0 saturated carbocycles. The Morgan fingerprint density at radius 1 is 1.13 bits per heavy atom. The van der Waals surface area contributed by atoms with Gasteiger partial charge in [-0.2, -0.15) is 0 Å². The quantitative estimate of drug-likeness (QED) is 0.668. The SMILES string of the molecule is COC(=O)c1cc(CNC(=O)C2CCN(C)CC2)cc(NC(=O)c2ccccc2Cl)c1. The van der Waals surface area contributed by atoms with E-state index in [1.165, 1.54) is 13.2 Å². The highest BCUT2D eigenvalue weighted by Gasteiger charge is 2.23. The van der Waals surface area contributed by atoms with Crippen molar-refractivity contribution in [3.8, 4) is 0 Å². The number of methoxy groups -OCH3 is 1. The summed E-state index contributed by atoms with van der Waals surface area (Å²) in [6.45, 7) is 2.03. The zero-order valence-corrected chi connectivity index (χ0v) is 18.4. The number of halogens is 1. The zero-order valence-electron chi connectivity index (χ0n) is 17.6. The fraction of sp³-hybridized carbons (Fsp3) is 0.348. The van der Waals surface area contributed by atoms with Crippen molar-refractivity contribution < 1.29 is 19.1 Å². The molecule has 7 nitrogen and oxygen atoms in total. The average Bonchev–Trinajstić information content (AvgIpc) is 2.77. The van der Waals surface area contributed by atoms with Gasteiger partial charge in [-0.3, -0.25) is 9.59 Å². The number of piperidine rings is 1. The van der Waals surface area contributed by atoms with Crippen LogP contribution in [0.4, 0.5) is 5.69 Å². The van der Waals surface area contributed by atoms with Crippen LogP contribution in [0.25, 0.3) is 0 Å². The molecule has 8 heteroatoms. The molecular formula is C23H26ClN3O4. The topological polar surface area (TPSA) is 87.7 Å². The van der Waals surface area contributed by atoms with Gasteiger partial charge in [0, 0.05) is 18.2 Å². The number of nitrogens with one attached hydrogen (secondary N) is 2. The minimum Gasteiger partial charge on any atom is -0.465 e. The molecule has 1 heterocycles. The van der Waals surface area contributed by atoms with Gasteiger partial charge in [0.2, 0.25) is 5.91 Å². The van der Waals surface area contributed by atoms with E-state index in [0.717, 1.165) is 25.9 Å². The van der Waals surface area contributed by atoms with Crippen molar-refractivity contribution in [3.63, 3.8) is 0 Å². The minimum atomic E-state index is -0.531. The third-order valence-corrected chi connectivity index (χ3v) is 5.68. The third-order valence-electron chi connectivity index (χ3n) is 5.35. The number of ether oxygens (including phenoxy) is 1. The van der Waals surface area contributed by atoms with E-state index < -0.39 is 11.9 Å². The van der Waals surface area contributed by atoms with Crippen molar-refractivity contribution in [1.82, 2.24) is 10.2 Å². The summed E-state index contributed by atoms with van der Waals surface area (Å²) >= 11 is 6.10. The summed E-state index contributed by atoms with van der Waals surface area (Å²) in [5, 5.41) is 6.04. The molecule has 0 radical (unpaired) electrons. The second-order valence-corrected chi connectivity index (χ2v) is 8.05. The first-order valence-corrected chi connectivity index (χ1v) is 10.5. The maximum absolute atomic E-state index is 12.6. The van der Waals surface area contributed by atoms with Gasteiger partial charge in [0.15, 0.2) is 0 Å². The minimum absolute atomic E-state index is 0.00164. The molecule has 2 N–H and O–H groups in total. The molecule has 0 unspecified atom stereocenters. The number of nitrogens with zero attached hydrogens (tertiary/aromatic N) is 1. The van der Waals surface area contributed by atoms with Gasteiger partial charge in [0.05, 0.1) is 23.3 Å². The monoisotopic (exact) mass is 443 g/mol. The number of likely N-dealkylation sites (tertiary alicyclic amines) is 1. The molecular weight excluding hydrogens is 418 g/mol. The van der Waals surface area contributed by atoms with Crippen LogP contribution < -0.4 is 10.6 Å². The van der Waals surface area contributed by atoms with Gasteiger partial charge >= 0.3 is 5.97 Å². The smallest absolute Gasteiger partial charge is 0.337 e. The van der Waals surface area contributed by atoms with E-state index in [1.54, 1.807) is 36.4 Å².